The number of rotatable bonds is 1. The van der Waals surface area contributed by atoms with Crippen LogP contribution in [0.15, 0.2) is 0 Å². The van der Waals surface area contributed by atoms with Crippen molar-refractivity contribution in [2.45, 2.75) is 32.6 Å². The van der Waals surface area contributed by atoms with Gasteiger partial charge in [0.25, 0.3) is 0 Å². The monoisotopic (exact) mass is 144 g/mol. The lowest BCUT2D eigenvalue weighted by atomic mass is 9.84. The molecule has 1 aliphatic rings. The third-order valence-corrected chi connectivity index (χ3v) is 2.82. The van der Waals surface area contributed by atoms with Crippen LogP contribution >= 0.6 is 12.6 Å². The zero-order chi connectivity index (χ0) is 6.69. The fourth-order valence-corrected chi connectivity index (χ4v) is 2.06. The first-order valence-corrected chi connectivity index (χ1v) is 4.57. The van der Waals surface area contributed by atoms with Gasteiger partial charge in [0.05, 0.1) is 0 Å². The van der Waals surface area contributed by atoms with Gasteiger partial charge in [-0.05, 0) is 30.4 Å². The van der Waals surface area contributed by atoms with Crippen LogP contribution in [0.2, 0.25) is 0 Å². The molecule has 1 heteroatoms. The maximum atomic E-state index is 4.30. The Morgan fingerprint density at radius 1 is 1.44 bits per heavy atom. The van der Waals surface area contributed by atoms with Crippen LogP contribution in [0, 0.1) is 11.8 Å². The molecule has 9 heavy (non-hydrogen) atoms. The fraction of sp³-hybridized carbons (Fsp3) is 1.00. The molecule has 0 aliphatic heterocycles. The third-order valence-electron chi connectivity index (χ3n) is 2.30. The van der Waals surface area contributed by atoms with Crippen molar-refractivity contribution in [3.63, 3.8) is 0 Å². The first-order valence-electron chi connectivity index (χ1n) is 3.93. The maximum absolute atomic E-state index is 4.30. The van der Waals surface area contributed by atoms with Crippen LogP contribution in [0.5, 0.6) is 0 Å². The highest BCUT2D eigenvalue weighted by Gasteiger charge is 2.16. The molecule has 1 aliphatic carbocycles. The summed E-state index contributed by atoms with van der Waals surface area (Å²) in [6.45, 7) is 2.36. The van der Waals surface area contributed by atoms with E-state index in [1.807, 2.05) is 0 Å². The summed E-state index contributed by atoms with van der Waals surface area (Å²) in [4.78, 5) is 0. The summed E-state index contributed by atoms with van der Waals surface area (Å²) in [5.74, 6) is 3.00. The van der Waals surface area contributed by atoms with Gasteiger partial charge in [-0.25, -0.2) is 0 Å². The molecule has 0 N–H and O–H groups in total. The third kappa shape index (κ3) is 2.21. The smallest absolute Gasteiger partial charge is 0.00694 e. The van der Waals surface area contributed by atoms with Crippen molar-refractivity contribution in [2.24, 2.45) is 11.8 Å². The summed E-state index contributed by atoms with van der Waals surface area (Å²) in [6, 6.07) is 0. The Morgan fingerprint density at radius 3 is 2.67 bits per heavy atom. The number of hydrogen-bond donors (Lipinski definition) is 1. The molecule has 0 amide bonds. The quantitative estimate of drug-likeness (QED) is 0.537. The molecular weight excluding hydrogens is 128 g/mol. The van der Waals surface area contributed by atoms with Gasteiger partial charge in [0.1, 0.15) is 0 Å². The van der Waals surface area contributed by atoms with Gasteiger partial charge < -0.3 is 0 Å². The Bertz CT molecular complexity index is 80.6. The molecule has 1 rings (SSSR count). The van der Waals surface area contributed by atoms with Gasteiger partial charge in [0, 0.05) is 0 Å². The molecule has 0 bridgehead atoms. The van der Waals surface area contributed by atoms with Gasteiger partial charge >= 0.3 is 0 Å². The lowest BCUT2D eigenvalue weighted by Crippen LogP contribution is -2.13. The second kappa shape index (κ2) is 3.50. The molecule has 0 radical (unpaired) electrons. The van der Waals surface area contributed by atoms with Crippen molar-refractivity contribution in [1.82, 2.24) is 0 Å². The Balaban J connectivity index is 2.23. The second-order valence-corrected chi connectivity index (χ2v) is 3.69. The van der Waals surface area contributed by atoms with E-state index >= 15 is 0 Å². The van der Waals surface area contributed by atoms with Gasteiger partial charge in [0.2, 0.25) is 0 Å². The lowest BCUT2D eigenvalue weighted by Gasteiger charge is -2.24. The molecule has 0 nitrogen and oxygen atoms in total. The number of hydrogen-bond acceptors (Lipinski definition) is 1. The highest BCUT2D eigenvalue weighted by molar-refractivity contribution is 7.80. The molecule has 1 saturated carbocycles. The molecule has 1 fully saturated rings. The highest BCUT2D eigenvalue weighted by atomic mass is 32.1. The Morgan fingerprint density at radius 2 is 2.22 bits per heavy atom. The minimum Gasteiger partial charge on any atom is -0.179 e. The molecule has 0 aromatic heterocycles. The van der Waals surface area contributed by atoms with E-state index in [1.165, 1.54) is 25.7 Å². The van der Waals surface area contributed by atoms with E-state index in [9.17, 15) is 0 Å². The molecule has 54 valence electrons. The van der Waals surface area contributed by atoms with E-state index < -0.39 is 0 Å². The Kier molecular flexibility index (Phi) is 2.90. The molecular formula is C8H16S. The minimum atomic E-state index is 0.928. The van der Waals surface area contributed by atoms with Crippen LogP contribution in [-0.2, 0) is 0 Å². The van der Waals surface area contributed by atoms with Gasteiger partial charge in [-0.3, -0.25) is 0 Å². The first kappa shape index (κ1) is 7.46. The first-order chi connectivity index (χ1) is 4.33. The van der Waals surface area contributed by atoms with Crippen LogP contribution < -0.4 is 0 Å². The van der Waals surface area contributed by atoms with Crippen molar-refractivity contribution in [2.75, 3.05) is 5.75 Å². The Labute approximate surface area is 63.4 Å². The standard InChI is InChI=1S/C8H16S/c1-7-3-2-4-8(5-7)6-9/h7-9H,2-6H2,1H3. The van der Waals surface area contributed by atoms with Crippen LogP contribution in [0.1, 0.15) is 32.6 Å². The summed E-state index contributed by atoms with van der Waals surface area (Å²) < 4.78 is 0. The van der Waals surface area contributed by atoms with Crippen LogP contribution in [0.3, 0.4) is 0 Å². The molecule has 0 aromatic carbocycles. The molecule has 0 aromatic rings. The van der Waals surface area contributed by atoms with Crippen molar-refractivity contribution < 1.29 is 0 Å². The minimum absolute atomic E-state index is 0.928. The largest absolute Gasteiger partial charge is 0.179 e. The van der Waals surface area contributed by atoms with Crippen molar-refractivity contribution in [1.29, 1.82) is 0 Å². The predicted molar refractivity (Wildman–Crippen MR) is 45.0 cm³/mol. The van der Waals surface area contributed by atoms with Crippen molar-refractivity contribution >= 4 is 12.6 Å². The van der Waals surface area contributed by atoms with Gasteiger partial charge in [0.15, 0.2) is 0 Å². The fourth-order valence-electron chi connectivity index (χ4n) is 1.73. The van der Waals surface area contributed by atoms with E-state index in [0.717, 1.165) is 17.6 Å². The van der Waals surface area contributed by atoms with E-state index in [2.05, 4.69) is 19.6 Å². The van der Waals surface area contributed by atoms with Crippen LogP contribution in [0.4, 0.5) is 0 Å². The molecule has 0 saturated heterocycles. The van der Waals surface area contributed by atoms with E-state index in [4.69, 9.17) is 0 Å². The van der Waals surface area contributed by atoms with Crippen LogP contribution in [0.25, 0.3) is 0 Å². The Hall–Kier alpha value is 0.350. The summed E-state index contributed by atoms with van der Waals surface area (Å²) in [6.07, 6.45) is 5.73. The van der Waals surface area contributed by atoms with Gasteiger partial charge in [-0.2, -0.15) is 12.6 Å². The summed E-state index contributed by atoms with van der Waals surface area (Å²) in [5.41, 5.74) is 0. The maximum Gasteiger partial charge on any atom is -0.00694 e. The molecule has 2 unspecified atom stereocenters. The zero-order valence-corrected chi connectivity index (χ0v) is 7.03. The number of thiol groups is 1. The zero-order valence-electron chi connectivity index (χ0n) is 6.14. The van der Waals surface area contributed by atoms with Gasteiger partial charge in [-0.15, -0.1) is 0 Å². The summed E-state index contributed by atoms with van der Waals surface area (Å²) in [5, 5.41) is 0. The lowest BCUT2D eigenvalue weighted by molar-refractivity contribution is 0.305. The highest BCUT2D eigenvalue weighted by Crippen LogP contribution is 2.28. The van der Waals surface area contributed by atoms with Gasteiger partial charge in [-0.1, -0.05) is 19.8 Å². The van der Waals surface area contributed by atoms with E-state index in [1.54, 1.807) is 0 Å². The van der Waals surface area contributed by atoms with Crippen molar-refractivity contribution in [3.8, 4) is 0 Å². The molecule has 2 atom stereocenters. The normalized spacial score (nSPS) is 36.7. The average molecular weight is 144 g/mol. The van der Waals surface area contributed by atoms with E-state index in [0.29, 0.717) is 0 Å². The van der Waals surface area contributed by atoms with Crippen LogP contribution in [-0.4, -0.2) is 5.75 Å². The average Bonchev–Trinajstić information content (AvgIpc) is 1.88. The molecule has 0 spiro atoms. The SMILES string of the molecule is CC1CCCC(CS)C1. The summed E-state index contributed by atoms with van der Waals surface area (Å²) in [7, 11) is 0. The topological polar surface area (TPSA) is 0 Å². The van der Waals surface area contributed by atoms with Crippen molar-refractivity contribution in [3.05, 3.63) is 0 Å². The summed E-state index contributed by atoms with van der Waals surface area (Å²) >= 11 is 4.30. The van der Waals surface area contributed by atoms with E-state index in [-0.39, 0.29) is 0 Å². The molecule has 0 heterocycles. The second-order valence-electron chi connectivity index (χ2n) is 3.32. The predicted octanol–water partition coefficient (Wildman–Crippen LogP) is 2.74.